The van der Waals surface area contributed by atoms with Gasteiger partial charge in [-0.3, -0.25) is 0 Å². The van der Waals surface area contributed by atoms with Gasteiger partial charge in [-0.15, -0.1) is 6.42 Å². The molecule has 0 spiro atoms. The molecule has 0 aliphatic carbocycles. The third-order valence-electron chi connectivity index (χ3n) is 0.519. The molecular formula is C7H6O. The zero-order valence-corrected chi connectivity index (χ0v) is 4.39. The van der Waals surface area contributed by atoms with Gasteiger partial charge in [0.25, 0.3) is 0 Å². The van der Waals surface area contributed by atoms with Crippen LogP contribution in [-0.2, 0) is 0 Å². The van der Waals surface area contributed by atoms with Gasteiger partial charge in [0.05, 0.1) is 0 Å². The molecule has 0 aliphatic heterocycles. The largest absolute Gasteiger partial charge is 0.501 e. The van der Waals surface area contributed by atoms with Crippen molar-refractivity contribution in [2.45, 2.75) is 0 Å². The zero-order valence-electron chi connectivity index (χ0n) is 4.39. The average molecular weight is 106 g/mol. The van der Waals surface area contributed by atoms with E-state index in [1.807, 2.05) is 0 Å². The Balaban J connectivity index is 3.95. The average Bonchev–Trinajstić information content (AvgIpc) is 1.83. The van der Waals surface area contributed by atoms with Crippen LogP contribution < -0.4 is 0 Å². The van der Waals surface area contributed by atoms with Gasteiger partial charge in [0.2, 0.25) is 0 Å². The molecule has 0 fully saturated rings. The van der Waals surface area contributed by atoms with Crippen molar-refractivity contribution in [3.63, 3.8) is 0 Å². The summed E-state index contributed by atoms with van der Waals surface area (Å²) in [6.45, 7) is 3.18. The van der Waals surface area contributed by atoms with Gasteiger partial charge in [0.1, 0.15) is 0 Å². The van der Waals surface area contributed by atoms with E-state index >= 15 is 0 Å². The van der Waals surface area contributed by atoms with Crippen LogP contribution in [0.2, 0.25) is 0 Å². The second-order valence-corrected chi connectivity index (χ2v) is 1.06. The Morgan fingerprint density at radius 1 is 1.75 bits per heavy atom. The number of hydrogen-bond donors (Lipinski definition) is 1. The van der Waals surface area contributed by atoms with E-state index in [4.69, 9.17) is 11.5 Å². The van der Waals surface area contributed by atoms with E-state index in [1.54, 1.807) is 0 Å². The van der Waals surface area contributed by atoms with Gasteiger partial charge in [-0.25, -0.2) is 0 Å². The summed E-state index contributed by atoms with van der Waals surface area (Å²) in [5.74, 6) is 2.16. The molecule has 0 atom stereocenters. The van der Waals surface area contributed by atoms with Crippen LogP contribution >= 0.6 is 0 Å². The SMILES string of the molecule is C#C/C=C/C(O)=C=C. The second kappa shape index (κ2) is 3.80. The van der Waals surface area contributed by atoms with Crippen LogP contribution in [0.3, 0.4) is 0 Å². The molecule has 0 aromatic heterocycles. The van der Waals surface area contributed by atoms with Gasteiger partial charge in [-0.1, -0.05) is 18.2 Å². The van der Waals surface area contributed by atoms with Crippen LogP contribution in [0.4, 0.5) is 0 Å². The van der Waals surface area contributed by atoms with Crippen molar-refractivity contribution in [1.29, 1.82) is 0 Å². The summed E-state index contributed by atoms with van der Waals surface area (Å²) in [4.78, 5) is 0. The maximum absolute atomic E-state index is 8.55. The predicted molar refractivity (Wildman–Crippen MR) is 33.3 cm³/mol. The van der Waals surface area contributed by atoms with Crippen LogP contribution in [-0.4, -0.2) is 5.11 Å². The lowest BCUT2D eigenvalue weighted by atomic mass is 10.4. The molecule has 0 amide bonds. The first kappa shape index (κ1) is 6.62. The molecule has 1 heteroatoms. The molecule has 0 saturated heterocycles. The zero-order chi connectivity index (χ0) is 6.41. The number of aliphatic hydroxyl groups excluding tert-OH is 1. The molecule has 40 valence electrons. The highest BCUT2D eigenvalue weighted by atomic mass is 16.3. The minimum Gasteiger partial charge on any atom is -0.501 e. The molecule has 8 heavy (non-hydrogen) atoms. The number of terminal acetylenes is 1. The predicted octanol–water partition coefficient (Wildman–Crippen LogP) is 1.40. The molecule has 0 rings (SSSR count). The Morgan fingerprint density at radius 3 is 2.75 bits per heavy atom. The van der Waals surface area contributed by atoms with Crippen molar-refractivity contribution in [1.82, 2.24) is 0 Å². The highest BCUT2D eigenvalue weighted by Gasteiger charge is 1.72. The van der Waals surface area contributed by atoms with E-state index in [0.29, 0.717) is 0 Å². The summed E-state index contributed by atoms with van der Waals surface area (Å²) in [5, 5.41) is 8.55. The minimum absolute atomic E-state index is 0.0389. The third-order valence-corrected chi connectivity index (χ3v) is 0.519. The van der Waals surface area contributed by atoms with E-state index in [9.17, 15) is 0 Å². The smallest absolute Gasteiger partial charge is 0.159 e. The lowest BCUT2D eigenvalue weighted by molar-refractivity contribution is 0.434. The first-order valence-electron chi connectivity index (χ1n) is 2.03. The molecule has 0 heterocycles. The Morgan fingerprint density at radius 2 is 2.38 bits per heavy atom. The Labute approximate surface area is 48.7 Å². The van der Waals surface area contributed by atoms with Crippen LogP contribution in [0.5, 0.6) is 0 Å². The van der Waals surface area contributed by atoms with E-state index < -0.39 is 0 Å². The molecule has 0 aromatic carbocycles. The third kappa shape index (κ3) is 2.84. The fourth-order valence-electron chi connectivity index (χ4n) is 0.186. The maximum atomic E-state index is 8.55. The first-order chi connectivity index (χ1) is 3.81. The monoisotopic (exact) mass is 106 g/mol. The summed E-state index contributed by atoms with van der Waals surface area (Å²) in [6.07, 6.45) is 7.53. The fourth-order valence-corrected chi connectivity index (χ4v) is 0.186. The number of aliphatic hydroxyl groups is 1. The summed E-state index contributed by atoms with van der Waals surface area (Å²) >= 11 is 0. The molecular weight excluding hydrogens is 100 g/mol. The highest BCUT2D eigenvalue weighted by Crippen LogP contribution is 1.83. The highest BCUT2D eigenvalue weighted by molar-refractivity contribution is 5.18. The molecule has 0 bridgehead atoms. The lowest BCUT2D eigenvalue weighted by Gasteiger charge is -1.76. The summed E-state index contributed by atoms with van der Waals surface area (Å²) in [7, 11) is 0. The van der Waals surface area contributed by atoms with Crippen LogP contribution in [0.15, 0.2) is 30.2 Å². The lowest BCUT2D eigenvalue weighted by Crippen LogP contribution is -1.65. The molecule has 0 radical (unpaired) electrons. The van der Waals surface area contributed by atoms with E-state index in [0.717, 1.165) is 0 Å². The molecule has 0 saturated carbocycles. The van der Waals surface area contributed by atoms with Gasteiger partial charge < -0.3 is 5.11 Å². The van der Waals surface area contributed by atoms with Crippen molar-refractivity contribution in [2.75, 3.05) is 0 Å². The van der Waals surface area contributed by atoms with Crippen molar-refractivity contribution in [3.05, 3.63) is 30.2 Å². The number of rotatable bonds is 1. The fraction of sp³-hybridized carbons (Fsp3) is 0. The summed E-state index contributed by atoms with van der Waals surface area (Å²) in [5.41, 5.74) is 2.24. The Kier molecular flexibility index (Phi) is 3.14. The quantitative estimate of drug-likeness (QED) is 0.232. The Bertz CT molecular complexity index is 175. The topological polar surface area (TPSA) is 20.2 Å². The van der Waals surface area contributed by atoms with Crippen LogP contribution in [0.1, 0.15) is 0 Å². The van der Waals surface area contributed by atoms with Gasteiger partial charge in [0, 0.05) is 0 Å². The van der Waals surface area contributed by atoms with E-state index in [2.05, 4.69) is 18.2 Å². The van der Waals surface area contributed by atoms with Gasteiger partial charge in [0.15, 0.2) is 5.76 Å². The van der Waals surface area contributed by atoms with Gasteiger partial charge in [-0.2, -0.15) is 0 Å². The number of allylic oxidation sites excluding steroid dienone is 2. The van der Waals surface area contributed by atoms with Crippen LogP contribution in [0, 0.1) is 12.3 Å². The second-order valence-electron chi connectivity index (χ2n) is 1.06. The van der Waals surface area contributed by atoms with Crippen molar-refractivity contribution in [2.24, 2.45) is 0 Å². The molecule has 1 nitrogen and oxygen atoms in total. The molecule has 0 aliphatic rings. The van der Waals surface area contributed by atoms with Gasteiger partial charge >= 0.3 is 0 Å². The van der Waals surface area contributed by atoms with Crippen molar-refractivity contribution in [3.8, 4) is 12.3 Å². The first-order valence-corrected chi connectivity index (χ1v) is 2.03. The van der Waals surface area contributed by atoms with Crippen molar-refractivity contribution >= 4 is 0 Å². The maximum Gasteiger partial charge on any atom is 0.159 e. The summed E-state index contributed by atoms with van der Waals surface area (Å²) in [6, 6.07) is 0. The van der Waals surface area contributed by atoms with Crippen molar-refractivity contribution < 1.29 is 5.11 Å². The normalized spacial score (nSPS) is 7.88. The molecule has 0 aromatic rings. The van der Waals surface area contributed by atoms with E-state index in [1.165, 1.54) is 12.2 Å². The number of hydrogen-bond acceptors (Lipinski definition) is 1. The van der Waals surface area contributed by atoms with Gasteiger partial charge in [-0.05, 0) is 12.2 Å². The Hall–Kier alpha value is -1.38. The minimum atomic E-state index is -0.0389. The molecule has 0 unspecified atom stereocenters. The summed E-state index contributed by atoms with van der Waals surface area (Å²) < 4.78 is 0. The van der Waals surface area contributed by atoms with Crippen LogP contribution in [0.25, 0.3) is 0 Å². The standard InChI is InChI=1S/C7H6O/c1-3-5-6-7(8)4-2/h1,5-6,8H,2H2/b6-5+. The molecule has 1 N–H and O–H groups in total. The van der Waals surface area contributed by atoms with E-state index in [-0.39, 0.29) is 5.76 Å².